The van der Waals surface area contributed by atoms with Crippen LogP contribution in [0.1, 0.15) is 0 Å². The van der Waals surface area contributed by atoms with Crippen molar-refractivity contribution in [2.75, 3.05) is 0 Å². The van der Waals surface area contributed by atoms with Crippen LogP contribution in [0.2, 0.25) is 0 Å². The van der Waals surface area contributed by atoms with Crippen LogP contribution in [0.4, 0.5) is 0 Å². The van der Waals surface area contributed by atoms with E-state index in [1.807, 2.05) is 30.3 Å². The van der Waals surface area contributed by atoms with Crippen molar-refractivity contribution in [2.45, 2.75) is 0 Å². The predicted molar refractivity (Wildman–Crippen MR) is 94.6 cm³/mol. The van der Waals surface area contributed by atoms with E-state index in [0.717, 1.165) is 10.1 Å². The van der Waals surface area contributed by atoms with Gasteiger partial charge in [0.2, 0.25) is 0 Å². The monoisotopic (exact) mass is 304 g/mol. The van der Waals surface area contributed by atoms with Gasteiger partial charge in [0.05, 0.1) is 0 Å². The molecule has 0 atom stereocenters. The van der Waals surface area contributed by atoms with Crippen LogP contribution in [0.3, 0.4) is 0 Å². The van der Waals surface area contributed by atoms with Crippen LogP contribution in [0.5, 0.6) is 0 Å². The molecule has 0 bridgehead atoms. The van der Waals surface area contributed by atoms with E-state index in [-0.39, 0.29) is 0 Å². The second kappa shape index (κ2) is 5.25. The summed E-state index contributed by atoms with van der Waals surface area (Å²) in [5.41, 5.74) is 2.93. The first-order valence-electron chi connectivity index (χ1n) is 7.11. The Morgan fingerprint density at radius 2 is 1.59 bits per heavy atom. The Bertz CT molecular complexity index is 961. The summed E-state index contributed by atoms with van der Waals surface area (Å²) in [6.07, 6.45) is 0. The molecule has 0 saturated heterocycles. The first-order chi connectivity index (χ1) is 10.7. The Labute approximate surface area is 132 Å². The molecule has 0 aliphatic carbocycles. The number of fused-ring (bicyclic) bond motifs is 3. The summed E-state index contributed by atoms with van der Waals surface area (Å²) in [7, 11) is -1.43. The second-order valence-corrected chi connectivity index (χ2v) is 6.36. The summed E-state index contributed by atoms with van der Waals surface area (Å²) in [6.45, 7) is 0. The Balaban J connectivity index is 2.05. The van der Waals surface area contributed by atoms with Gasteiger partial charge < -0.3 is 10.0 Å². The van der Waals surface area contributed by atoms with Gasteiger partial charge in [0.1, 0.15) is 0 Å². The SMILES string of the molecule is OB(O)c1ccc2c(c1)sc1cccc(-c3ccccc3)c12. The van der Waals surface area contributed by atoms with Crippen LogP contribution in [0.15, 0.2) is 66.7 Å². The summed E-state index contributed by atoms with van der Waals surface area (Å²) < 4.78 is 2.28. The molecule has 0 spiro atoms. The van der Waals surface area contributed by atoms with Gasteiger partial charge in [-0.05, 0) is 28.7 Å². The molecule has 4 heteroatoms. The van der Waals surface area contributed by atoms with Crippen molar-refractivity contribution in [1.82, 2.24) is 0 Å². The third-order valence-electron chi connectivity index (χ3n) is 3.90. The number of thiophene rings is 1. The van der Waals surface area contributed by atoms with Gasteiger partial charge in [0.15, 0.2) is 0 Å². The maximum atomic E-state index is 9.35. The van der Waals surface area contributed by atoms with Gasteiger partial charge in [-0.25, -0.2) is 0 Å². The second-order valence-electron chi connectivity index (χ2n) is 5.28. The van der Waals surface area contributed by atoms with E-state index in [0.29, 0.717) is 5.46 Å². The van der Waals surface area contributed by atoms with E-state index in [1.54, 1.807) is 17.4 Å². The topological polar surface area (TPSA) is 40.5 Å². The minimum Gasteiger partial charge on any atom is -0.423 e. The molecule has 0 radical (unpaired) electrons. The van der Waals surface area contributed by atoms with Gasteiger partial charge >= 0.3 is 7.12 Å². The van der Waals surface area contributed by atoms with Crippen LogP contribution >= 0.6 is 11.3 Å². The predicted octanol–water partition coefficient (Wildman–Crippen LogP) is 3.40. The highest BCUT2D eigenvalue weighted by Gasteiger charge is 2.15. The largest absolute Gasteiger partial charge is 0.488 e. The molecule has 0 unspecified atom stereocenters. The lowest BCUT2D eigenvalue weighted by Crippen LogP contribution is -2.29. The first kappa shape index (κ1) is 13.5. The molecule has 4 aromatic rings. The highest BCUT2D eigenvalue weighted by atomic mass is 32.1. The van der Waals surface area contributed by atoms with Crippen molar-refractivity contribution in [3.05, 3.63) is 66.7 Å². The molecule has 0 aliphatic heterocycles. The summed E-state index contributed by atoms with van der Waals surface area (Å²) in [5.74, 6) is 0. The standard InChI is InChI=1S/C18H13BO2S/c20-19(21)13-9-10-15-17(11-13)22-16-8-4-7-14(18(15)16)12-5-2-1-3-6-12/h1-11,20-21H. The fraction of sp³-hybridized carbons (Fsp3) is 0. The molecule has 0 fully saturated rings. The average molecular weight is 304 g/mol. The third kappa shape index (κ3) is 2.13. The van der Waals surface area contributed by atoms with Gasteiger partial charge in [0.25, 0.3) is 0 Å². The van der Waals surface area contributed by atoms with Crippen LogP contribution in [0.25, 0.3) is 31.3 Å². The Morgan fingerprint density at radius 1 is 0.773 bits per heavy atom. The maximum Gasteiger partial charge on any atom is 0.488 e. The number of rotatable bonds is 2. The van der Waals surface area contributed by atoms with Crippen molar-refractivity contribution >= 4 is 44.1 Å². The molecule has 3 aromatic carbocycles. The van der Waals surface area contributed by atoms with Crippen molar-refractivity contribution in [1.29, 1.82) is 0 Å². The van der Waals surface area contributed by atoms with Crippen LogP contribution in [-0.4, -0.2) is 17.2 Å². The molecule has 2 N–H and O–H groups in total. The van der Waals surface area contributed by atoms with Crippen molar-refractivity contribution in [3.63, 3.8) is 0 Å². The van der Waals surface area contributed by atoms with Gasteiger partial charge in [-0.15, -0.1) is 11.3 Å². The van der Waals surface area contributed by atoms with Crippen LogP contribution < -0.4 is 5.46 Å². The summed E-state index contributed by atoms with van der Waals surface area (Å²) in [4.78, 5) is 0. The Hall–Kier alpha value is -2.14. The highest BCUT2D eigenvalue weighted by molar-refractivity contribution is 7.26. The minimum atomic E-state index is -1.43. The van der Waals surface area contributed by atoms with E-state index >= 15 is 0 Å². The minimum absolute atomic E-state index is 0.528. The summed E-state index contributed by atoms with van der Waals surface area (Å²) in [5, 5.41) is 21.1. The molecule has 2 nitrogen and oxygen atoms in total. The molecule has 22 heavy (non-hydrogen) atoms. The first-order valence-corrected chi connectivity index (χ1v) is 7.92. The lowest BCUT2D eigenvalue weighted by molar-refractivity contribution is 0.426. The lowest BCUT2D eigenvalue weighted by atomic mass is 9.80. The molecule has 0 amide bonds. The Kier molecular flexibility index (Phi) is 3.23. The molecular weight excluding hydrogens is 291 g/mol. The molecule has 106 valence electrons. The Morgan fingerprint density at radius 3 is 2.36 bits per heavy atom. The molecule has 0 saturated carbocycles. The molecule has 1 aromatic heterocycles. The molecule has 4 rings (SSSR count). The van der Waals surface area contributed by atoms with Crippen LogP contribution in [-0.2, 0) is 0 Å². The average Bonchev–Trinajstić information content (AvgIpc) is 2.93. The highest BCUT2D eigenvalue weighted by Crippen LogP contribution is 2.39. The third-order valence-corrected chi connectivity index (χ3v) is 5.02. The van der Waals surface area contributed by atoms with Crippen molar-refractivity contribution in [3.8, 4) is 11.1 Å². The van der Waals surface area contributed by atoms with E-state index < -0.39 is 7.12 Å². The normalized spacial score (nSPS) is 11.2. The lowest BCUT2D eigenvalue weighted by Gasteiger charge is -2.05. The molecular formula is C18H13BO2S. The zero-order chi connectivity index (χ0) is 15.1. The molecule has 1 heterocycles. The zero-order valence-corrected chi connectivity index (χ0v) is 12.5. The van der Waals surface area contributed by atoms with E-state index in [4.69, 9.17) is 0 Å². The van der Waals surface area contributed by atoms with Crippen molar-refractivity contribution in [2.24, 2.45) is 0 Å². The van der Waals surface area contributed by atoms with Gasteiger partial charge in [0, 0.05) is 20.2 Å². The van der Waals surface area contributed by atoms with E-state index in [9.17, 15) is 10.0 Å². The summed E-state index contributed by atoms with van der Waals surface area (Å²) in [6, 6.07) is 22.3. The fourth-order valence-electron chi connectivity index (χ4n) is 2.86. The summed E-state index contributed by atoms with van der Waals surface area (Å²) >= 11 is 1.68. The quantitative estimate of drug-likeness (QED) is 0.557. The van der Waals surface area contributed by atoms with Crippen molar-refractivity contribution < 1.29 is 10.0 Å². The van der Waals surface area contributed by atoms with Crippen LogP contribution in [0, 0.1) is 0 Å². The van der Waals surface area contributed by atoms with Gasteiger partial charge in [-0.3, -0.25) is 0 Å². The molecule has 0 aliphatic rings. The number of benzene rings is 3. The van der Waals surface area contributed by atoms with E-state index in [2.05, 4.69) is 30.3 Å². The van der Waals surface area contributed by atoms with Gasteiger partial charge in [-0.1, -0.05) is 54.6 Å². The van der Waals surface area contributed by atoms with Gasteiger partial charge in [-0.2, -0.15) is 0 Å². The van der Waals surface area contributed by atoms with E-state index in [1.165, 1.54) is 21.2 Å². The zero-order valence-electron chi connectivity index (χ0n) is 11.7. The maximum absolute atomic E-state index is 9.35. The number of hydrogen-bond acceptors (Lipinski definition) is 3. The fourth-order valence-corrected chi connectivity index (χ4v) is 4.04. The smallest absolute Gasteiger partial charge is 0.423 e. The number of hydrogen-bond donors (Lipinski definition) is 2.